The molecule has 9 aliphatic rings. The molecule has 109 heavy (non-hydrogen) atoms. The van der Waals surface area contributed by atoms with Gasteiger partial charge in [0.15, 0.2) is 0 Å². The number of carbonyl (C=O) groups is 3. The lowest BCUT2D eigenvalue weighted by molar-refractivity contribution is 0.0907. The number of aryl methyl sites for hydroxylation is 12. The molecule has 0 radical (unpaired) electrons. The predicted octanol–water partition coefficient (Wildman–Crippen LogP) is 21.0. The van der Waals surface area contributed by atoms with Crippen molar-refractivity contribution in [1.29, 1.82) is 0 Å². The van der Waals surface area contributed by atoms with E-state index in [1.54, 1.807) is 0 Å². The number of hydrogen-bond acceptors (Lipinski definition) is 6. The van der Waals surface area contributed by atoms with Crippen LogP contribution in [0.5, 0.6) is 0 Å². The summed E-state index contributed by atoms with van der Waals surface area (Å²) in [6, 6.07) is 34.6. The van der Waals surface area contributed by atoms with Gasteiger partial charge >= 0.3 is 18.1 Å². The van der Waals surface area contributed by atoms with Crippen molar-refractivity contribution in [3.8, 4) is 0 Å². The minimum atomic E-state index is -0.256. The summed E-state index contributed by atoms with van der Waals surface area (Å²) in [4.78, 5) is 59.3. The average Bonchev–Trinajstić information content (AvgIpc) is 1.57. The van der Waals surface area contributed by atoms with E-state index in [1.165, 1.54) is 139 Å². The zero-order valence-corrected chi connectivity index (χ0v) is 70.9. The molecule has 12 nitrogen and oxygen atoms in total. The van der Waals surface area contributed by atoms with Gasteiger partial charge in [0.25, 0.3) is 0 Å². The van der Waals surface area contributed by atoms with E-state index >= 15 is 0 Å². The van der Waals surface area contributed by atoms with Crippen LogP contribution in [0.4, 0.5) is 14.4 Å². The first-order valence-corrected chi connectivity index (χ1v) is 41.4. The smallest absolute Gasteiger partial charge is 0.325 e. The van der Waals surface area contributed by atoms with Gasteiger partial charge in [-0.15, -0.1) is 0 Å². The molecule has 3 atom stereocenters. The number of piperidine rings is 3. The number of nitrogens with one attached hydrogen (secondary N) is 1. The molecular weight excluding hydrogens is 1410 g/mol. The molecule has 15 rings (SSSR count). The number of urea groups is 3. The van der Waals surface area contributed by atoms with Crippen LogP contribution >= 0.6 is 15.9 Å². The molecule has 6 amide bonds. The first-order chi connectivity index (χ1) is 51.6. The molecule has 6 saturated heterocycles. The van der Waals surface area contributed by atoms with Crippen molar-refractivity contribution in [2.24, 2.45) is 0 Å². The highest BCUT2D eigenvalue weighted by Crippen LogP contribution is 2.51. The number of likely N-dealkylation sites (tertiary alicyclic amines) is 3. The molecule has 6 aromatic carbocycles. The van der Waals surface area contributed by atoms with Crippen LogP contribution in [0.25, 0.3) is 0 Å². The van der Waals surface area contributed by atoms with Crippen molar-refractivity contribution in [1.82, 2.24) is 44.5 Å². The van der Waals surface area contributed by atoms with E-state index < -0.39 is 0 Å². The molecule has 13 heteroatoms. The second-order valence-corrected chi connectivity index (χ2v) is 35.4. The molecule has 6 aromatic rings. The molecule has 0 aliphatic carbocycles. The number of amides is 6. The summed E-state index contributed by atoms with van der Waals surface area (Å²) < 4.78 is 0. The van der Waals surface area contributed by atoms with Crippen LogP contribution in [0.2, 0.25) is 0 Å². The van der Waals surface area contributed by atoms with Crippen molar-refractivity contribution in [3.63, 3.8) is 0 Å². The number of fused-ring (bicyclic) bond motifs is 9. The van der Waals surface area contributed by atoms with Crippen LogP contribution in [0, 0.1) is 83.1 Å². The number of rotatable bonds is 11. The second-order valence-electron chi connectivity index (χ2n) is 34.9. The van der Waals surface area contributed by atoms with Gasteiger partial charge < -0.3 is 15.1 Å². The van der Waals surface area contributed by atoms with Crippen molar-refractivity contribution in [2.45, 2.75) is 237 Å². The van der Waals surface area contributed by atoms with Gasteiger partial charge in [-0.3, -0.25) is 29.4 Å². The normalized spacial score (nSPS) is 21.0. The lowest BCUT2D eigenvalue weighted by atomic mass is 9.81. The van der Waals surface area contributed by atoms with E-state index in [4.69, 9.17) is 0 Å². The van der Waals surface area contributed by atoms with Crippen LogP contribution < -0.4 is 5.32 Å². The molecule has 0 aromatic heterocycles. The SMILES string of the molecule is C=C(C)CBr.C=C(C)CN1C(=O)N2Cc3cc(C)cc(C)c3[C@@H](C)C=C2C12CCN(Cc1cc(C)cc(C)c1)CC2.C=C(C)CN1C(=O)N2Cc3cc(C)cc(C)c3[C@H](C)C=C2C12CCN(Cc1cc(C)cc(C)c1)CC2.Cc1cc(C)cc(CN2CCC3(CC2)NC(=O)N2Cc4cc(C)cc(C)c4C(C)C=C23)c1. The maximum Gasteiger partial charge on any atom is 0.325 e. The molecule has 0 bridgehead atoms. The van der Waals surface area contributed by atoms with E-state index in [0.29, 0.717) is 38.6 Å². The fourth-order valence-electron chi connectivity index (χ4n) is 20.5. The Morgan fingerprint density at radius 1 is 0.394 bits per heavy atom. The third kappa shape index (κ3) is 17.1. The van der Waals surface area contributed by atoms with Crippen LogP contribution in [0.15, 0.2) is 163 Å². The third-order valence-corrected chi connectivity index (χ3v) is 25.5. The zero-order valence-electron chi connectivity index (χ0n) is 69.3. The van der Waals surface area contributed by atoms with Gasteiger partial charge in [0, 0.05) is 112 Å². The van der Waals surface area contributed by atoms with Gasteiger partial charge in [0.05, 0.1) is 36.3 Å². The number of carbonyl (C=O) groups excluding carboxylic acids is 3. The van der Waals surface area contributed by atoms with Crippen LogP contribution in [0.3, 0.4) is 0 Å². The Bertz CT molecular complexity index is 4390. The number of alkyl halides is 1. The van der Waals surface area contributed by atoms with Gasteiger partial charge in [-0.25, -0.2) is 14.4 Å². The summed E-state index contributed by atoms with van der Waals surface area (Å²) in [6.45, 7) is 63.2. The molecule has 9 aliphatic heterocycles. The standard InChI is InChI=1S/2C32H41N3O.C28H35N3O.C4H7Br/c2*1-21(2)18-35-31(36)34-20-28-16-24(5)13-25(6)30(28)26(7)17-29(34)32(35)8-10-33(11-9-32)19-27-14-22(3)12-23(4)15-27;1-18-10-19(2)13-23(12-18)16-30-8-6-28(7-9-30)25-15-22(5)26-21(4)11-20(3)14-24(26)17-31(25)27(32)29-28;1-4(2)3-5/h2*12-17,26H,1,8-11,18-20H2,2-7H3;10-15,22H,6-9,16-17H2,1-5H3,(H,29,32);1,3H2,2H3/t2*26-;;/m10../s1. The Morgan fingerprint density at radius 2 is 0.670 bits per heavy atom. The van der Waals surface area contributed by atoms with Gasteiger partial charge in [-0.05, 0) is 209 Å². The van der Waals surface area contributed by atoms with Gasteiger partial charge in [0.2, 0.25) is 0 Å². The molecule has 578 valence electrons. The second kappa shape index (κ2) is 32.7. The first-order valence-electron chi connectivity index (χ1n) is 40.3. The first kappa shape index (κ1) is 80.4. The highest BCUT2D eigenvalue weighted by molar-refractivity contribution is 9.09. The summed E-state index contributed by atoms with van der Waals surface area (Å²) in [5, 5.41) is 4.34. The highest BCUT2D eigenvalue weighted by atomic mass is 79.9. The lowest BCUT2D eigenvalue weighted by Gasteiger charge is -2.45. The van der Waals surface area contributed by atoms with Crippen molar-refractivity contribution >= 4 is 34.0 Å². The number of hydrogen-bond donors (Lipinski definition) is 1. The third-order valence-electron chi connectivity index (χ3n) is 24.5. The molecule has 6 fully saturated rings. The van der Waals surface area contributed by atoms with Gasteiger partial charge in [-0.2, -0.15) is 0 Å². The Morgan fingerprint density at radius 3 is 0.963 bits per heavy atom. The molecule has 0 saturated carbocycles. The minimum absolute atomic E-state index is 0.0678. The van der Waals surface area contributed by atoms with Crippen LogP contribution in [0.1, 0.15) is 215 Å². The summed E-state index contributed by atoms with van der Waals surface area (Å²) >= 11 is 3.21. The maximum absolute atomic E-state index is 14.0. The van der Waals surface area contributed by atoms with Gasteiger partial charge in [0.1, 0.15) is 0 Å². The average molecular weight is 1530 g/mol. The summed E-state index contributed by atoms with van der Waals surface area (Å²) in [6.07, 6.45) is 12.9. The zero-order chi connectivity index (χ0) is 78.5. The summed E-state index contributed by atoms with van der Waals surface area (Å²) in [5.74, 6) is 0.871. The lowest BCUT2D eigenvalue weighted by Crippen LogP contribution is -2.54. The molecular formula is C96H124BrN9O3. The maximum atomic E-state index is 14.0. The minimum Gasteiger partial charge on any atom is -0.327 e. The summed E-state index contributed by atoms with van der Waals surface area (Å²) in [5.41, 5.74) is 34.1. The van der Waals surface area contributed by atoms with Crippen LogP contribution in [-0.2, 0) is 39.3 Å². The van der Waals surface area contributed by atoms with Gasteiger partial charge in [-0.1, -0.05) is 232 Å². The quantitative estimate of drug-likeness (QED) is 0.103. The Hall–Kier alpha value is -8.07. The van der Waals surface area contributed by atoms with E-state index in [-0.39, 0.29) is 46.5 Å². The van der Waals surface area contributed by atoms with E-state index in [9.17, 15) is 14.4 Å². The topological polar surface area (TPSA) is 89.2 Å². The fraction of sp³-hybridized carbons (Fsp3) is 0.469. The monoisotopic (exact) mass is 1530 g/mol. The number of halogens is 1. The fourth-order valence-corrected chi connectivity index (χ4v) is 20.5. The number of nitrogens with zero attached hydrogens (tertiary/aromatic N) is 8. The van der Waals surface area contributed by atoms with E-state index in [0.717, 1.165) is 114 Å². The van der Waals surface area contributed by atoms with Crippen molar-refractivity contribution in [2.75, 3.05) is 57.7 Å². The largest absolute Gasteiger partial charge is 0.327 e. The number of benzene rings is 6. The van der Waals surface area contributed by atoms with Crippen molar-refractivity contribution < 1.29 is 14.4 Å². The van der Waals surface area contributed by atoms with Crippen molar-refractivity contribution in [3.05, 3.63) is 280 Å². The predicted molar refractivity (Wildman–Crippen MR) is 454 cm³/mol. The van der Waals surface area contributed by atoms with E-state index in [2.05, 4.69) is 288 Å². The molecule has 1 unspecified atom stereocenters. The molecule has 3 spiro atoms. The van der Waals surface area contributed by atoms with E-state index in [1.807, 2.05) is 25.7 Å². The Kier molecular flexibility index (Phi) is 24.1. The Labute approximate surface area is 662 Å². The number of allylic oxidation sites excluding steroid dienone is 4. The van der Waals surface area contributed by atoms with Crippen LogP contribution in [-0.4, -0.2) is 132 Å². The Balaban J connectivity index is 0.000000148. The molecule has 1 N–H and O–H groups in total. The molecule has 9 heterocycles. The summed E-state index contributed by atoms with van der Waals surface area (Å²) in [7, 11) is 0. The highest BCUT2D eigenvalue weighted by Gasteiger charge is 2.57.